The van der Waals surface area contributed by atoms with Crippen LogP contribution in [0.4, 0.5) is 25.0 Å². The molecule has 3 nitrogen and oxygen atoms in total. The molecule has 0 saturated heterocycles. The van der Waals surface area contributed by atoms with Crippen molar-refractivity contribution < 1.29 is 13.6 Å². The Hall–Kier alpha value is -1.37. The highest BCUT2D eigenvalue weighted by atomic mass is 79.9. The van der Waals surface area contributed by atoms with Crippen molar-refractivity contribution in [2.75, 3.05) is 10.6 Å². The van der Waals surface area contributed by atoms with Gasteiger partial charge in [-0.1, -0.05) is 23.2 Å². The summed E-state index contributed by atoms with van der Waals surface area (Å²) in [5.74, 6) is -1.46. The van der Waals surface area contributed by atoms with E-state index in [1.165, 1.54) is 18.2 Å². The highest BCUT2D eigenvalue weighted by Crippen LogP contribution is 2.26. The molecular weight excluding hydrogens is 389 g/mol. The van der Waals surface area contributed by atoms with Crippen LogP contribution < -0.4 is 10.6 Å². The van der Waals surface area contributed by atoms with Gasteiger partial charge in [0.25, 0.3) is 0 Å². The SMILES string of the molecule is O=C(Nc1ccc(Cl)c(Cl)c1)Nc1cc(F)c(Br)cc1F. The first-order valence-electron chi connectivity index (χ1n) is 5.54. The maximum absolute atomic E-state index is 13.6. The van der Waals surface area contributed by atoms with Gasteiger partial charge in [0.05, 0.1) is 20.2 Å². The van der Waals surface area contributed by atoms with Crippen molar-refractivity contribution in [3.63, 3.8) is 0 Å². The lowest BCUT2D eigenvalue weighted by Gasteiger charge is -2.09. The van der Waals surface area contributed by atoms with E-state index in [2.05, 4.69) is 26.6 Å². The van der Waals surface area contributed by atoms with E-state index in [9.17, 15) is 13.6 Å². The molecule has 2 N–H and O–H groups in total. The standard InChI is InChI=1S/C13H7BrCl2F2N2O/c14-7-4-11(18)12(5-10(7)17)20-13(21)19-6-1-2-8(15)9(16)3-6/h1-5H,(H2,19,20,21). The minimum Gasteiger partial charge on any atom is -0.308 e. The summed E-state index contributed by atoms with van der Waals surface area (Å²) in [7, 11) is 0. The van der Waals surface area contributed by atoms with Crippen LogP contribution in [0, 0.1) is 11.6 Å². The third-order valence-electron chi connectivity index (χ3n) is 2.44. The summed E-state index contributed by atoms with van der Waals surface area (Å²) < 4.78 is 26.9. The fourth-order valence-electron chi connectivity index (χ4n) is 1.48. The van der Waals surface area contributed by atoms with E-state index in [0.717, 1.165) is 12.1 Å². The molecule has 0 aliphatic carbocycles. The van der Waals surface area contributed by atoms with Gasteiger partial charge in [0.15, 0.2) is 0 Å². The monoisotopic (exact) mass is 394 g/mol. The zero-order valence-corrected chi connectivity index (χ0v) is 13.3. The smallest absolute Gasteiger partial charge is 0.308 e. The molecule has 0 aromatic heterocycles. The van der Waals surface area contributed by atoms with Crippen LogP contribution in [0.1, 0.15) is 0 Å². The highest BCUT2D eigenvalue weighted by molar-refractivity contribution is 9.10. The molecular formula is C13H7BrCl2F2N2O. The quantitative estimate of drug-likeness (QED) is 0.631. The van der Waals surface area contributed by atoms with Crippen LogP contribution in [-0.4, -0.2) is 6.03 Å². The molecule has 0 bridgehead atoms. The fraction of sp³-hybridized carbons (Fsp3) is 0. The number of anilines is 2. The Bertz CT molecular complexity index is 713. The van der Waals surface area contributed by atoms with Crippen molar-refractivity contribution in [1.29, 1.82) is 0 Å². The Kier molecular flexibility index (Phi) is 5.03. The molecule has 0 radical (unpaired) electrons. The Morgan fingerprint density at radius 2 is 1.71 bits per heavy atom. The fourth-order valence-corrected chi connectivity index (χ4v) is 2.09. The summed E-state index contributed by atoms with van der Waals surface area (Å²) in [5.41, 5.74) is 0.0770. The minimum absolute atomic E-state index is 0.0320. The number of benzene rings is 2. The van der Waals surface area contributed by atoms with Crippen molar-refractivity contribution in [1.82, 2.24) is 0 Å². The van der Waals surface area contributed by atoms with E-state index in [1.54, 1.807) is 0 Å². The van der Waals surface area contributed by atoms with Gasteiger partial charge in [-0.3, -0.25) is 0 Å². The van der Waals surface area contributed by atoms with Crippen molar-refractivity contribution in [3.05, 3.63) is 56.5 Å². The molecule has 0 spiro atoms. The molecule has 21 heavy (non-hydrogen) atoms. The molecule has 0 aliphatic heterocycles. The topological polar surface area (TPSA) is 41.1 Å². The molecule has 0 atom stereocenters. The van der Waals surface area contributed by atoms with Crippen LogP contribution >= 0.6 is 39.1 Å². The third-order valence-corrected chi connectivity index (χ3v) is 3.78. The molecule has 2 aromatic rings. The number of urea groups is 1. The van der Waals surface area contributed by atoms with Gasteiger partial charge in [-0.2, -0.15) is 0 Å². The highest BCUT2D eigenvalue weighted by Gasteiger charge is 2.11. The van der Waals surface area contributed by atoms with Gasteiger partial charge < -0.3 is 10.6 Å². The average Bonchev–Trinajstić information content (AvgIpc) is 2.40. The first-order chi connectivity index (χ1) is 9.86. The van der Waals surface area contributed by atoms with E-state index in [4.69, 9.17) is 23.2 Å². The van der Waals surface area contributed by atoms with Crippen LogP contribution in [-0.2, 0) is 0 Å². The van der Waals surface area contributed by atoms with E-state index in [-0.39, 0.29) is 15.2 Å². The number of rotatable bonds is 2. The number of halogens is 5. The number of carbonyl (C=O) groups is 1. The molecule has 0 saturated carbocycles. The van der Waals surface area contributed by atoms with Crippen LogP contribution in [0.15, 0.2) is 34.8 Å². The largest absolute Gasteiger partial charge is 0.323 e. The minimum atomic E-state index is -0.771. The van der Waals surface area contributed by atoms with Crippen molar-refractivity contribution in [2.24, 2.45) is 0 Å². The summed E-state index contributed by atoms with van der Waals surface area (Å²) >= 11 is 14.4. The molecule has 2 amide bonds. The maximum Gasteiger partial charge on any atom is 0.323 e. The average molecular weight is 396 g/mol. The number of carbonyl (C=O) groups excluding carboxylic acids is 1. The van der Waals surface area contributed by atoms with Crippen molar-refractivity contribution in [2.45, 2.75) is 0 Å². The Morgan fingerprint density at radius 3 is 2.38 bits per heavy atom. The number of hydrogen-bond donors (Lipinski definition) is 2. The second-order valence-electron chi connectivity index (χ2n) is 3.95. The van der Waals surface area contributed by atoms with Crippen LogP contribution in [0.3, 0.4) is 0 Å². The Balaban J connectivity index is 2.11. The lowest BCUT2D eigenvalue weighted by atomic mass is 10.3. The van der Waals surface area contributed by atoms with Gasteiger partial charge in [0, 0.05) is 11.8 Å². The number of amides is 2. The second kappa shape index (κ2) is 6.60. The van der Waals surface area contributed by atoms with E-state index in [0.29, 0.717) is 10.7 Å². The summed E-state index contributed by atoms with van der Waals surface area (Å²) in [5, 5.41) is 5.22. The van der Waals surface area contributed by atoms with Gasteiger partial charge in [-0.25, -0.2) is 13.6 Å². The van der Waals surface area contributed by atoms with Crippen molar-refractivity contribution in [3.8, 4) is 0 Å². The van der Waals surface area contributed by atoms with Gasteiger partial charge in [0.1, 0.15) is 11.6 Å². The van der Waals surface area contributed by atoms with Crippen molar-refractivity contribution >= 4 is 56.5 Å². The first kappa shape index (κ1) is 16.0. The van der Waals surface area contributed by atoms with Crippen LogP contribution in [0.5, 0.6) is 0 Å². The predicted octanol–water partition coefficient (Wildman–Crippen LogP) is 5.68. The van der Waals surface area contributed by atoms with Gasteiger partial charge in [0.2, 0.25) is 0 Å². The summed E-state index contributed by atoms with van der Waals surface area (Å²) in [6.45, 7) is 0. The van der Waals surface area contributed by atoms with E-state index >= 15 is 0 Å². The molecule has 0 unspecified atom stereocenters. The molecule has 8 heteroatoms. The molecule has 0 aliphatic rings. The van der Waals surface area contributed by atoms with E-state index < -0.39 is 17.7 Å². The summed E-state index contributed by atoms with van der Waals surface area (Å²) in [4.78, 5) is 11.7. The predicted molar refractivity (Wildman–Crippen MR) is 83.2 cm³/mol. The Morgan fingerprint density at radius 1 is 1.00 bits per heavy atom. The Labute approximate surface area is 137 Å². The second-order valence-corrected chi connectivity index (χ2v) is 5.62. The molecule has 2 rings (SSSR count). The summed E-state index contributed by atoms with van der Waals surface area (Å²) in [6.07, 6.45) is 0. The number of hydrogen-bond acceptors (Lipinski definition) is 1. The molecule has 0 heterocycles. The molecule has 2 aromatic carbocycles. The maximum atomic E-state index is 13.6. The lowest BCUT2D eigenvalue weighted by Crippen LogP contribution is -2.20. The first-order valence-corrected chi connectivity index (χ1v) is 7.09. The lowest BCUT2D eigenvalue weighted by molar-refractivity contribution is 0.262. The van der Waals surface area contributed by atoms with Crippen LogP contribution in [0.25, 0.3) is 0 Å². The van der Waals surface area contributed by atoms with E-state index in [1.807, 2.05) is 0 Å². The zero-order chi connectivity index (χ0) is 15.6. The van der Waals surface area contributed by atoms with Gasteiger partial charge >= 0.3 is 6.03 Å². The van der Waals surface area contributed by atoms with Gasteiger partial charge in [-0.05, 0) is 40.2 Å². The normalized spacial score (nSPS) is 10.3. The third kappa shape index (κ3) is 4.06. The van der Waals surface area contributed by atoms with Crippen LogP contribution in [0.2, 0.25) is 10.0 Å². The summed E-state index contributed by atoms with van der Waals surface area (Å²) in [6, 6.07) is 5.50. The number of nitrogens with one attached hydrogen (secondary N) is 2. The molecule has 0 fully saturated rings. The molecule has 110 valence electrons. The van der Waals surface area contributed by atoms with Gasteiger partial charge in [-0.15, -0.1) is 0 Å². The zero-order valence-electron chi connectivity index (χ0n) is 10.2.